The van der Waals surface area contributed by atoms with Crippen molar-refractivity contribution in [2.24, 2.45) is 0 Å². The number of piperazine rings is 1. The van der Waals surface area contributed by atoms with Gasteiger partial charge in [0.2, 0.25) is 5.91 Å². The van der Waals surface area contributed by atoms with Crippen LogP contribution in [0.5, 0.6) is 23.0 Å². The number of hydrogen-bond acceptors (Lipinski definition) is 8. The molecule has 0 saturated carbocycles. The zero-order valence-electron chi connectivity index (χ0n) is 21.8. The van der Waals surface area contributed by atoms with Gasteiger partial charge in [0.1, 0.15) is 28.2 Å². The van der Waals surface area contributed by atoms with Crippen LogP contribution in [0.3, 0.4) is 0 Å². The van der Waals surface area contributed by atoms with Gasteiger partial charge in [-0.25, -0.2) is 0 Å². The van der Waals surface area contributed by atoms with Crippen molar-refractivity contribution in [1.82, 2.24) is 9.80 Å². The Balaban J connectivity index is 1.71. The maximum absolute atomic E-state index is 13.6. The lowest BCUT2D eigenvalue weighted by molar-refractivity contribution is -0.133. The molecule has 1 fully saturated rings. The number of hydrogen-bond donors (Lipinski definition) is 3. The minimum absolute atomic E-state index is 0.0120. The molecule has 1 amide bonds. The quantitative estimate of drug-likeness (QED) is 0.343. The maximum atomic E-state index is 13.6. The third kappa shape index (κ3) is 5.13. The number of phenols is 3. The Kier molecular flexibility index (Phi) is 7.17. The number of carbonyl (C=O) groups excluding carboxylic acids is 1. The van der Waals surface area contributed by atoms with Crippen LogP contribution >= 0.6 is 0 Å². The lowest BCUT2D eigenvalue weighted by atomic mass is 9.85. The van der Waals surface area contributed by atoms with Crippen molar-refractivity contribution in [2.45, 2.75) is 12.3 Å². The largest absolute Gasteiger partial charge is 0.507 e. The molecule has 0 spiro atoms. The summed E-state index contributed by atoms with van der Waals surface area (Å²) < 4.78 is 11.5. The third-order valence-corrected chi connectivity index (χ3v) is 7.25. The molecule has 0 bridgehead atoms. The molecule has 0 aliphatic carbocycles. The zero-order chi connectivity index (χ0) is 27.7. The van der Waals surface area contributed by atoms with Crippen molar-refractivity contribution in [3.05, 3.63) is 82.0 Å². The fraction of sp³-hybridized carbons (Fsp3) is 0.267. The Labute approximate surface area is 225 Å². The second kappa shape index (κ2) is 10.7. The number of likely N-dealkylation sites (N-methyl/N-ethyl adjacent to an activating group) is 1. The van der Waals surface area contributed by atoms with Gasteiger partial charge in [0, 0.05) is 61.8 Å². The Morgan fingerprint density at radius 1 is 0.949 bits per heavy atom. The van der Waals surface area contributed by atoms with E-state index in [0.29, 0.717) is 24.2 Å². The highest BCUT2D eigenvalue weighted by atomic mass is 16.5. The van der Waals surface area contributed by atoms with E-state index in [9.17, 15) is 24.9 Å². The fourth-order valence-corrected chi connectivity index (χ4v) is 5.06. The van der Waals surface area contributed by atoms with E-state index in [1.54, 1.807) is 41.3 Å². The smallest absolute Gasteiger partial charge is 0.223 e. The van der Waals surface area contributed by atoms with Crippen molar-refractivity contribution in [3.63, 3.8) is 0 Å². The monoisotopic (exact) mass is 530 g/mol. The van der Waals surface area contributed by atoms with Crippen LogP contribution in [0, 0.1) is 0 Å². The van der Waals surface area contributed by atoms with E-state index in [1.807, 2.05) is 13.1 Å². The van der Waals surface area contributed by atoms with E-state index in [2.05, 4.69) is 4.90 Å². The number of benzene rings is 3. The summed E-state index contributed by atoms with van der Waals surface area (Å²) in [6, 6.07) is 16.1. The van der Waals surface area contributed by atoms with Gasteiger partial charge in [-0.15, -0.1) is 0 Å². The molecule has 1 atom stereocenters. The van der Waals surface area contributed by atoms with Crippen LogP contribution in [0.1, 0.15) is 23.5 Å². The van der Waals surface area contributed by atoms with Gasteiger partial charge in [-0.2, -0.15) is 0 Å². The number of nitrogens with zero attached hydrogens (tertiary/aromatic N) is 2. The Hall–Kier alpha value is -4.50. The third-order valence-electron chi connectivity index (χ3n) is 7.25. The number of aromatic hydroxyl groups is 3. The van der Waals surface area contributed by atoms with Crippen LogP contribution in [0.25, 0.3) is 22.3 Å². The number of phenolic OH excluding ortho intramolecular Hbond substituents is 3. The Morgan fingerprint density at radius 2 is 1.67 bits per heavy atom. The van der Waals surface area contributed by atoms with Crippen LogP contribution in [0.2, 0.25) is 0 Å². The molecule has 0 radical (unpaired) electrons. The molecule has 1 aliphatic rings. The van der Waals surface area contributed by atoms with Gasteiger partial charge in [0.05, 0.1) is 7.11 Å². The highest BCUT2D eigenvalue weighted by molar-refractivity contribution is 5.91. The molecule has 3 N–H and O–H groups in total. The minimum Gasteiger partial charge on any atom is -0.507 e. The number of rotatable bonds is 6. The first-order valence-corrected chi connectivity index (χ1v) is 12.7. The number of fused-ring (bicyclic) bond motifs is 1. The van der Waals surface area contributed by atoms with Crippen LogP contribution in [0.4, 0.5) is 0 Å². The SMILES string of the molecule is COc1cc(C(CC(=O)N2CCN(C)CC2)c2c(O)cc(O)c3c(=O)cc(-c4ccccc4)oc23)ccc1O. The van der Waals surface area contributed by atoms with E-state index in [4.69, 9.17) is 9.15 Å². The van der Waals surface area contributed by atoms with Crippen LogP contribution in [-0.2, 0) is 4.79 Å². The Morgan fingerprint density at radius 3 is 2.36 bits per heavy atom. The summed E-state index contributed by atoms with van der Waals surface area (Å²) >= 11 is 0. The molecule has 1 aromatic heterocycles. The van der Waals surface area contributed by atoms with E-state index >= 15 is 0 Å². The Bertz CT molecular complexity index is 1570. The molecule has 1 aliphatic heterocycles. The fourth-order valence-electron chi connectivity index (χ4n) is 5.06. The molecule has 4 aromatic rings. The van der Waals surface area contributed by atoms with E-state index in [-0.39, 0.29) is 51.9 Å². The first-order valence-electron chi connectivity index (χ1n) is 12.7. The molecular formula is C30H30N2O7. The molecule has 202 valence electrons. The highest BCUT2D eigenvalue weighted by Gasteiger charge is 2.30. The summed E-state index contributed by atoms with van der Waals surface area (Å²) in [5.41, 5.74) is 0.889. The molecule has 9 nitrogen and oxygen atoms in total. The summed E-state index contributed by atoms with van der Waals surface area (Å²) in [6.45, 7) is 2.62. The molecule has 3 aromatic carbocycles. The first-order chi connectivity index (χ1) is 18.8. The van der Waals surface area contributed by atoms with Crippen molar-refractivity contribution >= 4 is 16.9 Å². The van der Waals surface area contributed by atoms with Crippen molar-refractivity contribution in [2.75, 3.05) is 40.3 Å². The molecular weight excluding hydrogens is 500 g/mol. The summed E-state index contributed by atoms with van der Waals surface area (Å²) in [4.78, 5) is 30.7. The lowest BCUT2D eigenvalue weighted by Crippen LogP contribution is -2.47. The molecule has 1 saturated heterocycles. The molecule has 2 heterocycles. The van der Waals surface area contributed by atoms with Gasteiger partial charge in [0.15, 0.2) is 16.9 Å². The first kappa shape index (κ1) is 26.1. The highest BCUT2D eigenvalue weighted by Crippen LogP contribution is 2.44. The van der Waals surface area contributed by atoms with Gasteiger partial charge in [-0.05, 0) is 24.7 Å². The lowest BCUT2D eigenvalue weighted by Gasteiger charge is -2.33. The van der Waals surface area contributed by atoms with Gasteiger partial charge < -0.3 is 34.3 Å². The van der Waals surface area contributed by atoms with Gasteiger partial charge in [0.25, 0.3) is 0 Å². The van der Waals surface area contributed by atoms with Crippen molar-refractivity contribution in [3.8, 4) is 34.3 Å². The maximum Gasteiger partial charge on any atom is 0.223 e. The number of amides is 1. The molecule has 9 heteroatoms. The van der Waals surface area contributed by atoms with E-state index in [0.717, 1.165) is 19.2 Å². The molecule has 5 rings (SSSR count). The van der Waals surface area contributed by atoms with Gasteiger partial charge in [-0.1, -0.05) is 36.4 Å². The molecule has 39 heavy (non-hydrogen) atoms. The topological polar surface area (TPSA) is 124 Å². The summed E-state index contributed by atoms with van der Waals surface area (Å²) in [5, 5.41) is 31.9. The van der Waals surface area contributed by atoms with Gasteiger partial charge >= 0.3 is 0 Å². The van der Waals surface area contributed by atoms with E-state index in [1.165, 1.54) is 19.2 Å². The predicted octanol–water partition coefficient (Wildman–Crippen LogP) is 3.88. The summed E-state index contributed by atoms with van der Waals surface area (Å²) in [7, 11) is 3.42. The normalized spacial score (nSPS) is 14.9. The summed E-state index contributed by atoms with van der Waals surface area (Å²) in [5.74, 6) is -1.30. The van der Waals surface area contributed by atoms with E-state index < -0.39 is 17.1 Å². The van der Waals surface area contributed by atoms with Gasteiger partial charge in [-0.3, -0.25) is 9.59 Å². The number of ether oxygens (including phenoxy) is 1. The second-order valence-corrected chi connectivity index (χ2v) is 9.75. The minimum atomic E-state index is -0.788. The predicted molar refractivity (Wildman–Crippen MR) is 146 cm³/mol. The molecule has 1 unspecified atom stereocenters. The van der Waals surface area contributed by atoms with Crippen LogP contribution in [-0.4, -0.2) is 71.4 Å². The summed E-state index contributed by atoms with van der Waals surface area (Å²) in [6.07, 6.45) is -0.0512. The van der Waals surface area contributed by atoms with Crippen molar-refractivity contribution < 1.29 is 29.3 Å². The average molecular weight is 531 g/mol. The average Bonchev–Trinajstić information content (AvgIpc) is 2.93. The standard InChI is InChI=1S/C30H30N2O7/c1-31-10-12-32(13-11-31)27(37)15-20(19-8-9-21(33)26(14-19)38-2)28-22(34)16-23(35)29-24(36)17-25(39-30(28)29)18-6-4-3-5-7-18/h3-9,14,16-17,20,33-35H,10-13,15H2,1-2H3. The number of carbonyl (C=O) groups is 1. The second-order valence-electron chi connectivity index (χ2n) is 9.75. The number of methoxy groups -OCH3 is 1. The van der Waals surface area contributed by atoms with Crippen LogP contribution in [0.15, 0.2) is 69.9 Å². The van der Waals surface area contributed by atoms with Crippen LogP contribution < -0.4 is 10.2 Å². The van der Waals surface area contributed by atoms with Crippen molar-refractivity contribution in [1.29, 1.82) is 0 Å². The zero-order valence-corrected chi connectivity index (χ0v) is 21.8.